The highest BCUT2D eigenvalue weighted by atomic mass is 79.9. The first-order valence-corrected chi connectivity index (χ1v) is 5.71. The number of thioether (sulfide) groups is 1. The molecule has 0 spiro atoms. The van der Waals surface area contributed by atoms with Crippen LogP contribution in [0.25, 0.3) is 0 Å². The van der Waals surface area contributed by atoms with Crippen molar-refractivity contribution in [2.75, 3.05) is 0 Å². The van der Waals surface area contributed by atoms with Gasteiger partial charge in [0.15, 0.2) is 0 Å². The predicted molar refractivity (Wildman–Crippen MR) is 57.6 cm³/mol. The van der Waals surface area contributed by atoms with E-state index in [1.54, 1.807) is 11.8 Å². The molecular formula is C10H8BrNS. The fraction of sp³-hybridized carbons (Fsp3) is 0.300. The Labute approximate surface area is 90.3 Å². The first-order chi connectivity index (χ1) is 6.26. The Balaban J connectivity index is 2.20. The van der Waals surface area contributed by atoms with Crippen LogP contribution in [0.3, 0.4) is 0 Å². The van der Waals surface area contributed by atoms with Gasteiger partial charge in [-0.05, 0) is 40.9 Å². The van der Waals surface area contributed by atoms with Gasteiger partial charge in [0, 0.05) is 9.37 Å². The molecule has 0 unspecified atom stereocenters. The van der Waals surface area contributed by atoms with Crippen molar-refractivity contribution in [2.45, 2.75) is 22.5 Å². The average Bonchev–Trinajstić information content (AvgIpc) is 2.90. The number of nitriles is 1. The average molecular weight is 254 g/mol. The van der Waals surface area contributed by atoms with Crippen LogP contribution in [0.2, 0.25) is 0 Å². The monoisotopic (exact) mass is 253 g/mol. The summed E-state index contributed by atoms with van der Waals surface area (Å²) >= 11 is 5.15. The van der Waals surface area contributed by atoms with Gasteiger partial charge in [0.1, 0.15) is 4.75 Å². The molecule has 0 aliphatic heterocycles. The highest BCUT2D eigenvalue weighted by Crippen LogP contribution is 2.52. The van der Waals surface area contributed by atoms with Gasteiger partial charge in [0.25, 0.3) is 0 Å². The lowest BCUT2D eigenvalue weighted by atomic mass is 10.4. The van der Waals surface area contributed by atoms with E-state index in [-0.39, 0.29) is 4.75 Å². The molecule has 0 heterocycles. The van der Waals surface area contributed by atoms with E-state index < -0.39 is 0 Å². The van der Waals surface area contributed by atoms with E-state index in [0.29, 0.717) is 0 Å². The van der Waals surface area contributed by atoms with Crippen molar-refractivity contribution in [1.82, 2.24) is 0 Å². The zero-order chi connectivity index (χ0) is 9.31. The molecule has 1 aliphatic carbocycles. The summed E-state index contributed by atoms with van der Waals surface area (Å²) in [6.45, 7) is 0. The quantitative estimate of drug-likeness (QED) is 0.805. The van der Waals surface area contributed by atoms with E-state index in [4.69, 9.17) is 5.26 Å². The van der Waals surface area contributed by atoms with E-state index in [2.05, 4.69) is 22.0 Å². The summed E-state index contributed by atoms with van der Waals surface area (Å²) in [5.41, 5.74) is 0. The molecule has 0 bridgehead atoms. The number of hydrogen-bond acceptors (Lipinski definition) is 2. The summed E-state index contributed by atoms with van der Waals surface area (Å²) in [5.74, 6) is 0. The van der Waals surface area contributed by atoms with Gasteiger partial charge >= 0.3 is 0 Å². The molecule has 1 aliphatic rings. The van der Waals surface area contributed by atoms with Crippen molar-refractivity contribution in [1.29, 1.82) is 5.26 Å². The van der Waals surface area contributed by atoms with E-state index >= 15 is 0 Å². The van der Waals surface area contributed by atoms with E-state index in [9.17, 15) is 0 Å². The second-order valence-corrected chi connectivity index (χ2v) is 5.42. The summed E-state index contributed by atoms with van der Waals surface area (Å²) in [7, 11) is 0. The number of benzene rings is 1. The molecule has 66 valence electrons. The van der Waals surface area contributed by atoms with Crippen molar-refractivity contribution < 1.29 is 0 Å². The maximum absolute atomic E-state index is 8.92. The van der Waals surface area contributed by atoms with Crippen LogP contribution in [-0.2, 0) is 0 Å². The molecule has 3 heteroatoms. The summed E-state index contributed by atoms with van der Waals surface area (Å²) in [6.07, 6.45) is 2.05. The Morgan fingerprint density at radius 3 is 2.62 bits per heavy atom. The van der Waals surface area contributed by atoms with Gasteiger partial charge < -0.3 is 0 Å². The first kappa shape index (κ1) is 9.11. The van der Waals surface area contributed by atoms with Crippen molar-refractivity contribution in [2.24, 2.45) is 0 Å². The molecule has 1 aromatic rings. The van der Waals surface area contributed by atoms with E-state index in [0.717, 1.165) is 17.3 Å². The highest BCUT2D eigenvalue weighted by molar-refractivity contribution is 9.10. The summed E-state index contributed by atoms with van der Waals surface area (Å²) in [5, 5.41) is 8.92. The van der Waals surface area contributed by atoms with Crippen LogP contribution >= 0.6 is 27.7 Å². The number of hydrogen-bond donors (Lipinski definition) is 0. The zero-order valence-electron chi connectivity index (χ0n) is 6.96. The van der Waals surface area contributed by atoms with Gasteiger partial charge in [0.05, 0.1) is 6.07 Å². The zero-order valence-corrected chi connectivity index (χ0v) is 9.36. The third-order valence-electron chi connectivity index (χ3n) is 2.05. The molecule has 0 N–H and O–H groups in total. The fourth-order valence-corrected chi connectivity index (χ4v) is 2.70. The number of nitrogens with zero attached hydrogens (tertiary/aromatic N) is 1. The molecule has 0 atom stereocenters. The lowest BCUT2D eigenvalue weighted by Gasteiger charge is -2.06. The van der Waals surface area contributed by atoms with Crippen molar-refractivity contribution in [3.05, 3.63) is 28.7 Å². The molecule has 0 radical (unpaired) electrons. The van der Waals surface area contributed by atoms with Gasteiger partial charge in [-0.25, -0.2) is 0 Å². The predicted octanol–water partition coefficient (Wildman–Crippen LogP) is 3.60. The van der Waals surface area contributed by atoms with Crippen molar-refractivity contribution >= 4 is 27.7 Å². The summed E-state index contributed by atoms with van der Waals surface area (Å²) < 4.78 is 0.964. The minimum atomic E-state index is -0.121. The number of rotatable bonds is 2. The fourth-order valence-electron chi connectivity index (χ4n) is 1.09. The third kappa shape index (κ3) is 1.90. The Morgan fingerprint density at radius 2 is 2.08 bits per heavy atom. The lowest BCUT2D eigenvalue weighted by molar-refractivity contribution is 1.18. The normalized spacial score (nSPS) is 17.8. The molecule has 0 aromatic heterocycles. The third-order valence-corrected chi connectivity index (χ3v) is 4.47. The maximum atomic E-state index is 8.92. The van der Waals surface area contributed by atoms with Crippen LogP contribution in [0.15, 0.2) is 33.6 Å². The molecule has 2 rings (SSSR count). The smallest absolute Gasteiger partial charge is 0.107 e. The van der Waals surface area contributed by atoms with Gasteiger partial charge in [-0.1, -0.05) is 12.1 Å². The van der Waals surface area contributed by atoms with Gasteiger partial charge in [0.2, 0.25) is 0 Å². The standard InChI is InChI=1S/C10H8BrNS/c11-8-3-1-2-4-9(8)13-10(7-12)5-6-10/h1-4H,5-6H2. The van der Waals surface area contributed by atoms with E-state index in [1.807, 2.05) is 24.3 Å². The van der Waals surface area contributed by atoms with Crippen LogP contribution in [0, 0.1) is 11.3 Å². The number of halogens is 1. The molecular weight excluding hydrogens is 246 g/mol. The molecule has 0 amide bonds. The SMILES string of the molecule is N#CC1(Sc2ccccc2Br)CC1. The molecule has 1 nitrogen and oxygen atoms in total. The van der Waals surface area contributed by atoms with Crippen LogP contribution in [0.4, 0.5) is 0 Å². The molecule has 1 fully saturated rings. The second kappa shape index (κ2) is 3.36. The van der Waals surface area contributed by atoms with Crippen LogP contribution < -0.4 is 0 Å². The summed E-state index contributed by atoms with van der Waals surface area (Å²) in [4.78, 5) is 1.17. The van der Waals surface area contributed by atoms with Gasteiger partial charge in [-0.15, -0.1) is 11.8 Å². The molecule has 0 saturated heterocycles. The minimum Gasteiger partial charge on any atom is -0.197 e. The summed E-state index contributed by atoms with van der Waals surface area (Å²) in [6, 6.07) is 10.4. The maximum Gasteiger partial charge on any atom is 0.107 e. The van der Waals surface area contributed by atoms with Crippen LogP contribution in [0.1, 0.15) is 12.8 Å². The van der Waals surface area contributed by atoms with Gasteiger partial charge in [-0.3, -0.25) is 0 Å². The Kier molecular flexibility index (Phi) is 2.35. The second-order valence-electron chi connectivity index (χ2n) is 3.14. The van der Waals surface area contributed by atoms with Crippen molar-refractivity contribution in [3.8, 4) is 6.07 Å². The Bertz CT molecular complexity index is 365. The van der Waals surface area contributed by atoms with Crippen molar-refractivity contribution in [3.63, 3.8) is 0 Å². The van der Waals surface area contributed by atoms with Crippen LogP contribution in [-0.4, -0.2) is 4.75 Å². The minimum absolute atomic E-state index is 0.121. The first-order valence-electron chi connectivity index (χ1n) is 4.11. The molecule has 13 heavy (non-hydrogen) atoms. The Morgan fingerprint density at radius 1 is 1.38 bits per heavy atom. The topological polar surface area (TPSA) is 23.8 Å². The lowest BCUT2D eigenvalue weighted by Crippen LogP contribution is -1.96. The van der Waals surface area contributed by atoms with Gasteiger partial charge in [-0.2, -0.15) is 5.26 Å². The van der Waals surface area contributed by atoms with E-state index in [1.165, 1.54) is 4.90 Å². The Hall–Kier alpha value is -0.460. The highest BCUT2D eigenvalue weighted by Gasteiger charge is 2.44. The molecule has 1 saturated carbocycles. The molecule has 1 aromatic carbocycles. The van der Waals surface area contributed by atoms with Crippen LogP contribution in [0.5, 0.6) is 0 Å². The largest absolute Gasteiger partial charge is 0.197 e.